The van der Waals surface area contributed by atoms with Crippen molar-refractivity contribution >= 4 is 44.2 Å². The molecule has 0 aliphatic carbocycles. The molecule has 1 unspecified atom stereocenters. The average molecular weight is 454 g/mol. The molecule has 3 rings (SSSR count). The minimum atomic E-state index is -0.258. The lowest BCUT2D eigenvalue weighted by atomic mass is 10.00. The predicted molar refractivity (Wildman–Crippen MR) is 121 cm³/mol. The number of hydrogen-bond acceptors (Lipinski definition) is 3. The summed E-state index contributed by atoms with van der Waals surface area (Å²) in [6, 6.07) is 19.9. The van der Waals surface area contributed by atoms with Gasteiger partial charge in [-0.05, 0) is 53.9 Å². The third kappa shape index (κ3) is 5.65. The van der Waals surface area contributed by atoms with E-state index in [0.29, 0.717) is 0 Å². The average Bonchev–Trinajstić information content (AvgIpc) is 2.72. The van der Waals surface area contributed by atoms with Crippen LogP contribution in [0.5, 0.6) is 0 Å². The highest BCUT2D eigenvalue weighted by Gasteiger charge is 2.12. The summed E-state index contributed by atoms with van der Waals surface area (Å²) in [6.45, 7) is 4.00. The fourth-order valence-corrected chi connectivity index (χ4v) is 3.66. The van der Waals surface area contributed by atoms with E-state index in [1.807, 2.05) is 50.2 Å². The van der Waals surface area contributed by atoms with Gasteiger partial charge in [0.15, 0.2) is 0 Å². The molecule has 0 aliphatic heterocycles. The Balaban J connectivity index is 1.48. The summed E-state index contributed by atoms with van der Waals surface area (Å²) < 4.78 is 0.952. The van der Waals surface area contributed by atoms with E-state index in [1.165, 1.54) is 10.8 Å². The number of halogens is 1. The summed E-state index contributed by atoms with van der Waals surface area (Å²) in [5.41, 5.74) is 2.82. The lowest BCUT2D eigenvalue weighted by Crippen LogP contribution is -2.39. The van der Waals surface area contributed by atoms with Crippen molar-refractivity contribution in [3.8, 4) is 0 Å². The van der Waals surface area contributed by atoms with E-state index >= 15 is 0 Å². The first-order valence-electron chi connectivity index (χ1n) is 9.48. The van der Waals surface area contributed by atoms with Crippen LogP contribution < -0.4 is 16.0 Å². The number of nitrogens with one attached hydrogen (secondary N) is 3. The van der Waals surface area contributed by atoms with Gasteiger partial charge >= 0.3 is 0 Å². The number of hydrogen-bond donors (Lipinski definition) is 3. The van der Waals surface area contributed by atoms with Crippen molar-refractivity contribution in [1.82, 2.24) is 10.6 Å². The summed E-state index contributed by atoms with van der Waals surface area (Å²) >= 11 is 3.39. The molecule has 0 heterocycles. The first-order valence-corrected chi connectivity index (χ1v) is 10.3. The van der Waals surface area contributed by atoms with Gasteiger partial charge in [0.2, 0.25) is 11.8 Å². The number of carbonyl (C=O) groups is 2. The molecule has 6 heteroatoms. The van der Waals surface area contributed by atoms with Gasteiger partial charge < -0.3 is 16.0 Å². The van der Waals surface area contributed by atoms with Crippen molar-refractivity contribution in [3.63, 3.8) is 0 Å². The molecule has 5 nitrogen and oxygen atoms in total. The molecule has 3 aromatic carbocycles. The van der Waals surface area contributed by atoms with E-state index in [2.05, 4.69) is 56.1 Å². The molecular formula is C23H24BrN3O2. The lowest BCUT2D eigenvalue weighted by Gasteiger charge is -2.16. The SMILES string of the molecule is Cc1cc(Br)ccc1NC(=O)CNC(=O)CNC(C)c1cccc2ccccc12. The molecule has 2 amide bonds. The minimum absolute atomic E-state index is 0.00564. The van der Waals surface area contributed by atoms with E-state index in [0.717, 1.165) is 21.3 Å². The van der Waals surface area contributed by atoms with Crippen LogP contribution in [-0.2, 0) is 9.59 Å². The Bertz CT molecular complexity index is 1030. The number of benzene rings is 3. The van der Waals surface area contributed by atoms with Crippen molar-refractivity contribution in [2.75, 3.05) is 18.4 Å². The molecule has 3 N–H and O–H groups in total. The number of carbonyl (C=O) groups excluding carboxylic acids is 2. The molecule has 0 aromatic heterocycles. The Hall–Kier alpha value is -2.70. The third-order valence-corrected chi connectivity index (χ3v) is 5.26. The Morgan fingerprint density at radius 2 is 1.72 bits per heavy atom. The van der Waals surface area contributed by atoms with Crippen molar-refractivity contribution in [2.45, 2.75) is 19.9 Å². The first kappa shape index (κ1) is 21.0. The van der Waals surface area contributed by atoms with E-state index in [-0.39, 0.29) is 30.9 Å². The maximum absolute atomic E-state index is 12.2. The van der Waals surface area contributed by atoms with Gasteiger partial charge in [-0.1, -0.05) is 58.4 Å². The smallest absolute Gasteiger partial charge is 0.243 e. The normalized spacial score (nSPS) is 11.8. The molecule has 0 saturated carbocycles. The zero-order chi connectivity index (χ0) is 20.8. The molecule has 29 heavy (non-hydrogen) atoms. The van der Waals surface area contributed by atoms with Crippen LogP contribution in [0.1, 0.15) is 24.1 Å². The van der Waals surface area contributed by atoms with Gasteiger partial charge in [-0.2, -0.15) is 0 Å². The highest BCUT2D eigenvalue weighted by molar-refractivity contribution is 9.10. The Morgan fingerprint density at radius 3 is 2.52 bits per heavy atom. The molecule has 0 saturated heterocycles. The fourth-order valence-electron chi connectivity index (χ4n) is 3.19. The van der Waals surface area contributed by atoms with Gasteiger partial charge in [0, 0.05) is 16.2 Å². The van der Waals surface area contributed by atoms with Gasteiger partial charge in [0.1, 0.15) is 0 Å². The van der Waals surface area contributed by atoms with Crippen molar-refractivity contribution in [1.29, 1.82) is 0 Å². The largest absolute Gasteiger partial charge is 0.346 e. The molecule has 0 radical (unpaired) electrons. The number of aryl methyl sites for hydroxylation is 1. The number of rotatable bonds is 7. The van der Waals surface area contributed by atoms with Gasteiger partial charge in [0.25, 0.3) is 0 Å². The molecular weight excluding hydrogens is 430 g/mol. The van der Waals surface area contributed by atoms with Crippen LogP contribution in [0.25, 0.3) is 10.8 Å². The number of amides is 2. The van der Waals surface area contributed by atoms with Crippen LogP contribution in [0.15, 0.2) is 65.1 Å². The zero-order valence-electron chi connectivity index (χ0n) is 16.5. The van der Waals surface area contributed by atoms with Gasteiger partial charge in [-0.3, -0.25) is 9.59 Å². The van der Waals surface area contributed by atoms with E-state index in [4.69, 9.17) is 0 Å². The molecule has 3 aromatic rings. The van der Waals surface area contributed by atoms with Crippen LogP contribution in [0, 0.1) is 6.92 Å². The van der Waals surface area contributed by atoms with Crippen molar-refractivity contribution in [2.24, 2.45) is 0 Å². The number of anilines is 1. The molecule has 0 spiro atoms. The highest BCUT2D eigenvalue weighted by atomic mass is 79.9. The van der Waals surface area contributed by atoms with Gasteiger partial charge in [-0.15, -0.1) is 0 Å². The standard InChI is InChI=1S/C23H24BrN3O2/c1-15-12-18(24)10-11-21(15)27-23(29)14-26-22(28)13-25-16(2)19-9-5-7-17-6-3-4-8-20(17)19/h3-12,16,25H,13-14H2,1-2H3,(H,26,28)(H,27,29). The topological polar surface area (TPSA) is 70.2 Å². The van der Waals surface area contributed by atoms with Crippen LogP contribution in [0.3, 0.4) is 0 Å². The van der Waals surface area contributed by atoms with Gasteiger partial charge in [0.05, 0.1) is 13.1 Å². The second-order valence-electron chi connectivity index (χ2n) is 6.96. The maximum atomic E-state index is 12.2. The van der Waals surface area contributed by atoms with Crippen LogP contribution >= 0.6 is 15.9 Å². The van der Waals surface area contributed by atoms with Gasteiger partial charge in [-0.25, -0.2) is 0 Å². The molecule has 0 aliphatic rings. The van der Waals surface area contributed by atoms with Crippen LogP contribution in [-0.4, -0.2) is 24.9 Å². The van der Waals surface area contributed by atoms with Crippen molar-refractivity contribution < 1.29 is 9.59 Å². The van der Waals surface area contributed by atoms with E-state index in [9.17, 15) is 9.59 Å². The second kappa shape index (κ2) is 9.67. The summed E-state index contributed by atoms with van der Waals surface area (Å²) in [7, 11) is 0. The molecule has 0 bridgehead atoms. The Kier molecular flexibility index (Phi) is 7.01. The fraction of sp³-hybridized carbons (Fsp3) is 0.217. The molecule has 0 fully saturated rings. The Morgan fingerprint density at radius 1 is 0.966 bits per heavy atom. The predicted octanol–water partition coefficient (Wildman–Crippen LogP) is 4.32. The second-order valence-corrected chi connectivity index (χ2v) is 7.87. The first-order chi connectivity index (χ1) is 13.9. The third-order valence-electron chi connectivity index (χ3n) is 4.77. The van der Waals surface area contributed by atoms with Crippen LogP contribution in [0.4, 0.5) is 5.69 Å². The van der Waals surface area contributed by atoms with Crippen LogP contribution in [0.2, 0.25) is 0 Å². The lowest BCUT2D eigenvalue weighted by molar-refractivity contribution is -0.123. The number of fused-ring (bicyclic) bond motifs is 1. The monoisotopic (exact) mass is 453 g/mol. The summed E-state index contributed by atoms with van der Waals surface area (Å²) in [4.78, 5) is 24.3. The minimum Gasteiger partial charge on any atom is -0.346 e. The van der Waals surface area contributed by atoms with E-state index in [1.54, 1.807) is 0 Å². The Labute approximate surface area is 179 Å². The summed E-state index contributed by atoms with van der Waals surface area (Å²) in [5, 5.41) is 11.0. The van der Waals surface area contributed by atoms with E-state index < -0.39 is 0 Å². The summed E-state index contributed by atoms with van der Waals surface area (Å²) in [6.07, 6.45) is 0. The molecule has 1 atom stereocenters. The molecule has 150 valence electrons. The van der Waals surface area contributed by atoms with Crippen molar-refractivity contribution in [3.05, 3.63) is 76.3 Å². The zero-order valence-corrected chi connectivity index (χ0v) is 18.0. The summed E-state index contributed by atoms with van der Waals surface area (Å²) in [5.74, 6) is -0.481. The highest BCUT2D eigenvalue weighted by Crippen LogP contribution is 2.24. The maximum Gasteiger partial charge on any atom is 0.243 e. The quantitative estimate of drug-likeness (QED) is 0.498.